The normalized spacial score (nSPS) is 11.5. The molecule has 0 aliphatic heterocycles. The molecule has 5 nitrogen and oxygen atoms in total. The Balaban J connectivity index is 2.65. The van der Waals surface area contributed by atoms with E-state index in [4.69, 9.17) is 10.5 Å². The van der Waals surface area contributed by atoms with E-state index < -0.39 is 5.54 Å². The van der Waals surface area contributed by atoms with Gasteiger partial charge >= 0.3 is 0 Å². The highest BCUT2D eigenvalue weighted by Crippen LogP contribution is 2.24. The van der Waals surface area contributed by atoms with Crippen molar-refractivity contribution < 1.29 is 4.74 Å². The van der Waals surface area contributed by atoms with E-state index in [1.165, 1.54) is 4.68 Å². The van der Waals surface area contributed by atoms with Crippen LogP contribution in [-0.4, -0.2) is 16.9 Å². The van der Waals surface area contributed by atoms with Crippen molar-refractivity contribution in [2.75, 3.05) is 7.11 Å². The van der Waals surface area contributed by atoms with Gasteiger partial charge in [-0.05, 0) is 38.5 Å². The lowest BCUT2D eigenvalue weighted by Gasteiger charge is -2.20. The van der Waals surface area contributed by atoms with Crippen molar-refractivity contribution in [2.24, 2.45) is 5.73 Å². The van der Waals surface area contributed by atoms with Crippen molar-refractivity contribution in [2.45, 2.75) is 39.3 Å². The van der Waals surface area contributed by atoms with Crippen molar-refractivity contribution in [3.8, 4) is 17.0 Å². The van der Waals surface area contributed by atoms with Crippen LogP contribution in [0.2, 0.25) is 0 Å². The van der Waals surface area contributed by atoms with E-state index in [0.717, 1.165) is 23.4 Å². The maximum absolute atomic E-state index is 12.5. The number of ether oxygens (including phenoxy) is 1. The largest absolute Gasteiger partial charge is 0.497 e. The van der Waals surface area contributed by atoms with Gasteiger partial charge in [0, 0.05) is 23.2 Å². The summed E-state index contributed by atoms with van der Waals surface area (Å²) in [5.41, 5.74) is 7.50. The Kier molecular flexibility index (Phi) is 4.66. The Labute approximate surface area is 130 Å². The SMILES string of the molecule is CCCn1nc(-c2cccc(OC)c2)cc(C(C)(C)N)c1=O. The quantitative estimate of drug-likeness (QED) is 0.921. The zero-order chi connectivity index (χ0) is 16.3. The molecule has 118 valence electrons. The smallest absolute Gasteiger partial charge is 0.271 e. The molecule has 1 heterocycles. The summed E-state index contributed by atoms with van der Waals surface area (Å²) in [6.07, 6.45) is 0.832. The maximum atomic E-state index is 12.5. The first-order chi connectivity index (χ1) is 10.4. The lowest BCUT2D eigenvalue weighted by molar-refractivity contribution is 0.415. The van der Waals surface area contributed by atoms with Crippen molar-refractivity contribution in [1.29, 1.82) is 0 Å². The van der Waals surface area contributed by atoms with Crippen LogP contribution in [-0.2, 0) is 12.1 Å². The van der Waals surface area contributed by atoms with E-state index in [2.05, 4.69) is 5.10 Å². The molecule has 0 saturated heterocycles. The molecule has 0 amide bonds. The molecule has 1 aromatic heterocycles. The van der Waals surface area contributed by atoms with Gasteiger partial charge in [-0.25, -0.2) is 4.68 Å². The molecule has 0 radical (unpaired) electrons. The number of aromatic nitrogens is 2. The van der Waals surface area contributed by atoms with Crippen LogP contribution in [0.5, 0.6) is 5.75 Å². The van der Waals surface area contributed by atoms with Gasteiger partial charge in [-0.1, -0.05) is 19.1 Å². The van der Waals surface area contributed by atoms with E-state index in [0.29, 0.717) is 12.1 Å². The van der Waals surface area contributed by atoms with E-state index in [-0.39, 0.29) is 5.56 Å². The maximum Gasteiger partial charge on any atom is 0.271 e. The summed E-state index contributed by atoms with van der Waals surface area (Å²) >= 11 is 0. The predicted molar refractivity (Wildman–Crippen MR) is 88.0 cm³/mol. The molecule has 22 heavy (non-hydrogen) atoms. The zero-order valence-corrected chi connectivity index (χ0v) is 13.6. The average molecular weight is 301 g/mol. The first-order valence-corrected chi connectivity index (χ1v) is 7.42. The topological polar surface area (TPSA) is 70.1 Å². The van der Waals surface area contributed by atoms with Gasteiger partial charge in [-0.3, -0.25) is 4.79 Å². The summed E-state index contributed by atoms with van der Waals surface area (Å²) in [6, 6.07) is 9.40. The minimum absolute atomic E-state index is 0.124. The van der Waals surface area contributed by atoms with Gasteiger partial charge < -0.3 is 10.5 Å². The Morgan fingerprint density at radius 3 is 2.64 bits per heavy atom. The first-order valence-electron chi connectivity index (χ1n) is 7.42. The number of aryl methyl sites for hydroxylation is 1. The predicted octanol–water partition coefficient (Wildman–Crippen LogP) is 2.52. The van der Waals surface area contributed by atoms with Gasteiger partial charge in [0.2, 0.25) is 0 Å². The van der Waals surface area contributed by atoms with E-state index in [1.807, 2.05) is 45.0 Å². The molecule has 0 bridgehead atoms. The summed E-state index contributed by atoms with van der Waals surface area (Å²) in [5.74, 6) is 0.751. The second kappa shape index (κ2) is 6.32. The fourth-order valence-electron chi connectivity index (χ4n) is 2.29. The number of rotatable bonds is 5. The van der Waals surface area contributed by atoms with Crippen LogP contribution < -0.4 is 16.0 Å². The highest BCUT2D eigenvalue weighted by molar-refractivity contribution is 5.61. The van der Waals surface area contributed by atoms with Crippen molar-refractivity contribution in [3.05, 3.63) is 46.2 Å². The molecule has 5 heteroatoms. The number of nitrogens with two attached hydrogens (primary N) is 1. The molecule has 0 aliphatic rings. The number of benzene rings is 1. The van der Waals surface area contributed by atoms with Gasteiger partial charge in [0.05, 0.1) is 12.8 Å². The van der Waals surface area contributed by atoms with Crippen LogP contribution in [0.15, 0.2) is 35.1 Å². The zero-order valence-electron chi connectivity index (χ0n) is 13.6. The highest BCUT2D eigenvalue weighted by Gasteiger charge is 2.21. The molecular weight excluding hydrogens is 278 g/mol. The molecule has 0 saturated carbocycles. The summed E-state index contributed by atoms with van der Waals surface area (Å²) in [5, 5.41) is 4.47. The molecule has 0 unspecified atom stereocenters. The summed E-state index contributed by atoms with van der Waals surface area (Å²) in [6.45, 7) is 6.24. The van der Waals surface area contributed by atoms with Crippen LogP contribution in [0.25, 0.3) is 11.3 Å². The van der Waals surface area contributed by atoms with Crippen molar-refractivity contribution in [1.82, 2.24) is 9.78 Å². The fraction of sp³-hybridized carbons (Fsp3) is 0.412. The Bertz CT molecular complexity index is 715. The minimum atomic E-state index is -0.719. The first kappa shape index (κ1) is 16.2. The van der Waals surface area contributed by atoms with Gasteiger partial charge in [0.1, 0.15) is 5.75 Å². The molecular formula is C17H23N3O2. The fourth-order valence-corrected chi connectivity index (χ4v) is 2.29. The third-order valence-electron chi connectivity index (χ3n) is 3.47. The van der Waals surface area contributed by atoms with E-state index in [1.54, 1.807) is 13.2 Å². The second-order valence-corrected chi connectivity index (χ2v) is 5.93. The number of hydrogen-bond donors (Lipinski definition) is 1. The molecule has 0 fully saturated rings. The van der Waals surface area contributed by atoms with E-state index >= 15 is 0 Å². The van der Waals surface area contributed by atoms with Crippen LogP contribution in [0.1, 0.15) is 32.8 Å². The minimum Gasteiger partial charge on any atom is -0.497 e. The lowest BCUT2D eigenvalue weighted by atomic mass is 9.96. The number of methoxy groups -OCH3 is 1. The van der Waals surface area contributed by atoms with Crippen molar-refractivity contribution >= 4 is 0 Å². The van der Waals surface area contributed by atoms with Gasteiger partial charge in [-0.15, -0.1) is 0 Å². The summed E-state index contributed by atoms with van der Waals surface area (Å²) in [4.78, 5) is 12.5. The van der Waals surface area contributed by atoms with Crippen LogP contribution in [0.3, 0.4) is 0 Å². The third kappa shape index (κ3) is 3.36. The van der Waals surface area contributed by atoms with Gasteiger partial charge in [0.15, 0.2) is 0 Å². The third-order valence-corrected chi connectivity index (χ3v) is 3.47. The van der Waals surface area contributed by atoms with Crippen LogP contribution in [0, 0.1) is 0 Å². The average Bonchev–Trinajstić information content (AvgIpc) is 2.48. The second-order valence-electron chi connectivity index (χ2n) is 5.93. The Morgan fingerprint density at radius 1 is 1.32 bits per heavy atom. The summed E-state index contributed by atoms with van der Waals surface area (Å²) in [7, 11) is 1.62. The molecule has 2 aromatic rings. The van der Waals surface area contributed by atoms with Crippen LogP contribution in [0.4, 0.5) is 0 Å². The molecule has 0 spiro atoms. The van der Waals surface area contributed by atoms with Gasteiger partial charge in [0.25, 0.3) is 5.56 Å². The molecule has 2 rings (SSSR count). The standard InChI is InChI=1S/C17H23N3O2/c1-5-9-20-16(21)14(17(2,3)18)11-15(19-20)12-7-6-8-13(10-12)22-4/h6-8,10-11H,5,9,18H2,1-4H3. The summed E-state index contributed by atoms with van der Waals surface area (Å²) < 4.78 is 6.75. The molecule has 0 atom stereocenters. The molecule has 0 aliphatic carbocycles. The monoisotopic (exact) mass is 301 g/mol. The van der Waals surface area contributed by atoms with Gasteiger partial charge in [-0.2, -0.15) is 5.10 Å². The van der Waals surface area contributed by atoms with Crippen LogP contribution >= 0.6 is 0 Å². The van der Waals surface area contributed by atoms with E-state index in [9.17, 15) is 4.79 Å². The Morgan fingerprint density at radius 2 is 2.05 bits per heavy atom. The Hall–Kier alpha value is -2.14. The number of hydrogen-bond acceptors (Lipinski definition) is 4. The molecule has 2 N–H and O–H groups in total. The number of nitrogens with zero attached hydrogens (tertiary/aromatic N) is 2. The van der Waals surface area contributed by atoms with Crippen molar-refractivity contribution in [3.63, 3.8) is 0 Å². The highest BCUT2D eigenvalue weighted by atomic mass is 16.5. The lowest BCUT2D eigenvalue weighted by Crippen LogP contribution is -2.39. The molecule has 1 aromatic carbocycles.